The highest BCUT2D eigenvalue weighted by molar-refractivity contribution is 5.45. The average molecular weight is 265 g/mol. The van der Waals surface area contributed by atoms with E-state index < -0.39 is 0 Å². The summed E-state index contributed by atoms with van der Waals surface area (Å²) in [7, 11) is 0. The summed E-state index contributed by atoms with van der Waals surface area (Å²) >= 11 is 0. The minimum absolute atomic E-state index is 0.000503. The number of anilines is 1. The summed E-state index contributed by atoms with van der Waals surface area (Å²) in [4.78, 5) is 4.42. The van der Waals surface area contributed by atoms with E-state index in [4.69, 9.17) is 5.26 Å². The molecule has 0 fully saturated rings. The summed E-state index contributed by atoms with van der Waals surface area (Å²) in [6, 6.07) is 16.1. The average Bonchev–Trinajstić information content (AvgIpc) is 2.45. The maximum atomic E-state index is 8.99. The number of pyridine rings is 1. The SMILES string of the molecule is Cc1cc(C#N)cc(NCC(C)(C)c2ccccc2)n1. The molecule has 0 aliphatic heterocycles. The molecule has 1 heterocycles. The molecule has 3 heteroatoms. The van der Waals surface area contributed by atoms with Gasteiger partial charge in [-0.3, -0.25) is 0 Å². The zero-order valence-electron chi connectivity index (χ0n) is 12.1. The van der Waals surface area contributed by atoms with Crippen molar-refractivity contribution in [2.75, 3.05) is 11.9 Å². The Morgan fingerprint density at radius 2 is 1.90 bits per heavy atom. The fourth-order valence-electron chi connectivity index (χ4n) is 2.13. The Morgan fingerprint density at radius 3 is 2.55 bits per heavy atom. The molecule has 0 saturated carbocycles. The lowest BCUT2D eigenvalue weighted by Crippen LogP contribution is -2.27. The summed E-state index contributed by atoms with van der Waals surface area (Å²) in [5, 5.41) is 12.3. The number of hydrogen-bond donors (Lipinski definition) is 1. The second kappa shape index (κ2) is 5.75. The van der Waals surface area contributed by atoms with Gasteiger partial charge in [0.25, 0.3) is 0 Å². The molecular formula is C17H19N3. The molecule has 0 unspecified atom stereocenters. The maximum Gasteiger partial charge on any atom is 0.127 e. The lowest BCUT2D eigenvalue weighted by molar-refractivity contribution is 0.556. The molecule has 102 valence electrons. The number of rotatable bonds is 4. The first-order chi connectivity index (χ1) is 9.51. The lowest BCUT2D eigenvalue weighted by Gasteiger charge is -2.26. The van der Waals surface area contributed by atoms with Gasteiger partial charge >= 0.3 is 0 Å². The Labute approximate surface area is 120 Å². The highest BCUT2D eigenvalue weighted by atomic mass is 15.0. The lowest BCUT2D eigenvalue weighted by atomic mass is 9.84. The van der Waals surface area contributed by atoms with Crippen molar-refractivity contribution in [2.45, 2.75) is 26.2 Å². The number of benzene rings is 1. The van der Waals surface area contributed by atoms with E-state index in [0.717, 1.165) is 18.1 Å². The van der Waals surface area contributed by atoms with E-state index >= 15 is 0 Å². The molecule has 0 saturated heterocycles. The van der Waals surface area contributed by atoms with Crippen molar-refractivity contribution >= 4 is 5.82 Å². The van der Waals surface area contributed by atoms with Crippen LogP contribution in [0.15, 0.2) is 42.5 Å². The molecule has 3 nitrogen and oxygen atoms in total. The predicted octanol–water partition coefficient (Wildman–Crippen LogP) is 3.65. The monoisotopic (exact) mass is 265 g/mol. The molecule has 0 bridgehead atoms. The first kappa shape index (κ1) is 14.1. The highest BCUT2D eigenvalue weighted by Crippen LogP contribution is 2.23. The maximum absolute atomic E-state index is 8.99. The van der Waals surface area contributed by atoms with Crippen LogP contribution in [0, 0.1) is 18.3 Å². The van der Waals surface area contributed by atoms with E-state index in [0.29, 0.717) is 5.56 Å². The number of nitrogens with one attached hydrogen (secondary N) is 1. The van der Waals surface area contributed by atoms with E-state index in [-0.39, 0.29) is 5.41 Å². The van der Waals surface area contributed by atoms with Crippen molar-refractivity contribution in [3.63, 3.8) is 0 Å². The molecule has 20 heavy (non-hydrogen) atoms. The van der Waals surface area contributed by atoms with Gasteiger partial charge in [-0.05, 0) is 24.6 Å². The topological polar surface area (TPSA) is 48.7 Å². The highest BCUT2D eigenvalue weighted by Gasteiger charge is 2.20. The van der Waals surface area contributed by atoms with Crippen molar-refractivity contribution in [3.05, 3.63) is 59.3 Å². The molecular weight excluding hydrogens is 246 g/mol. The minimum atomic E-state index is -0.000503. The van der Waals surface area contributed by atoms with Gasteiger partial charge in [-0.1, -0.05) is 44.2 Å². The Kier molecular flexibility index (Phi) is 4.05. The van der Waals surface area contributed by atoms with Crippen LogP contribution in [-0.2, 0) is 5.41 Å². The van der Waals surface area contributed by atoms with Crippen molar-refractivity contribution in [1.29, 1.82) is 5.26 Å². The molecule has 0 aliphatic carbocycles. The van der Waals surface area contributed by atoms with Crippen LogP contribution in [-0.4, -0.2) is 11.5 Å². The van der Waals surface area contributed by atoms with Crippen LogP contribution in [0.2, 0.25) is 0 Å². The molecule has 0 atom stereocenters. The van der Waals surface area contributed by atoms with Crippen molar-refractivity contribution in [3.8, 4) is 6.07 Å². The van der Waals surface area contributed by atoms with Gasteiger partial charge in [0.05, 0.1) is 11.6 Å². The fourth-order valence-corrected chi connectivity index (χ4v) is 2.13. The van der Waals surface area contributed by atoms with Crippen LogP contribution in [0.25, 0.3) is 0 Å². The van der Waals surface area contributed by atoms with Crippen LogP contribution in [0.5, 0.6) is 0 Å². The van der Waals surface area contributed by atoms with E-state index in [1.807, 2.05) is 13.0 Å². The molecule has 0 aliphatic rings. The zero-order chi connectivity index (χ0) is 14.6. The third-order valence-electron chi connectivity index (χ3n) is 3.35. The van der Waals surface area contributed by atoms with Crippen LogP contribution in [0.3, 0.4) is 0 Å². The third kappa shape index (κ3) is 3.36. The normalized spacial score (nSPS) is 10.9. The van der Waals surface area contributed by atoms with Gasteiger partial charge in [-0.15, -0.1) is 0 Å². The summed E-state index contributed by atoms with van der Waals surface area (Å²) in [5.74, 6) is 0.755. The van der Waals surface area contributed by atoms with Crippen LogP contribution in [0.1, 0.15) is 30.7 Å². The fraction of sp³-hybridized carbons (Fsp3) is 0.294. The molecule has 0 amide bonds. The van der Waals surface area contributed by atoms with Gasteiger partial charge in [-0.2, -0.15) is 5.26 Å². The van der Waals surface area contributed by atoms with E-state index in [1.54, 1.807) is 12.1 Å². The standard InChI is InChI=1S/C17H19N3/c1-13-9-14(11-18)10-16(20-13)19-12-17(2,3)15-7-5-4-6-8-15/h4-10H,12H2,1-3H3,(H,19,20). The van der Waals surface area contributed by atoms with Gasteiger partial charge in [-0.25, -0.2) is 4.98 Å². The van der Waals surface area contributed by atoms with Crippen molar-refractivity contribution in [1.82, 2.24) is 4.98 Å². The number of aryl methyl sites for hydroxylation is 1. The summed E-state index contributed by atoms with van der Waals surface area (Å²) in [5.41, 5.74) is 2.77. The second-order valence-corrected chi connectivity index (χ2v) is 5.60. The number of nitriles is 1. The first-order valence-corrected chi connectivity index (χ1v) is 6.69. The Bertz CT molecular complexity index is 624. The van der Waals surface area contributed by atoms with E-state index in [1.165, 1.54) is 5.56 Å². The zero-order valence-corrected chi connectivity index (χ0v) is 12.1. The second-order valence-electron chi connectivity index (χ2n) is 5.60. The quantitative estimate of drug-likeness (QED) is 0.918. The number of nitrogens with zero attached hydrogens (tertiary/aromatic N) is 2. The van der Waals surface area contributed by atoms with E-state index in [2.05, 4.69) is 54.5 Å². The molecule has 2 aromatic rings. The Balaban J connectivity index is 2.12. The molecule has 1 aromatic heterocycles. The molecule has 0 radical (unpaired) electrons. The smallest absolute Gasteiger partial charge is 0.127 e. The number of hydrogen-bond acceptors (Lipinski definition) is 3. The third-order valence-corrected chi connectivity index (χ3v) is 3.35. The van der Waals surface area contributed by atoms with Crippen molar-refractivity contribution in [2.24, 2.45) is 0 Å². The molecule has 1 N–H and O–H groups in total. The van der Waals surface area contributed by atoms with Gasteiger partial charge in [0.1, 0.15) is 5.82 Å². The van der Waals surface area contributed by atoms with Gasteiger partial charge in [0, 0.05) is 17.7 Å². The predicted molar refractivity (Wildman–Crippen MR) is 81.6 cm³/mol. The van der Waals surface area contributed by atoms with Gasteiger partial charge in [0.15, 0.2) is 0 Å². The molecule has 2 rings (SSSR count). The largest absolute Gasteiger partial charge is 0.369 e. The van der Waals surface area contributed by atoms with Crippen LogP contribution < -0.4 is 5.32 Å². The van der Waals surface area contributed by atoms with Crippen molar-refractivity contribution < 1.29 is 0 Å². The first-order valence-electron chi connectivity index (χ1n) is 6.69. The van der Waals surface area contributed by atoms with E-state index in [9.17, 15) is 0 Å². The van der Waals surface area contributed by atoms with Crippen LogP contribution >= 0.6 is 0 Å². The van der Waals surface area contributed by atoms with Gasteiger partial charge < -0.3 is 5.32 Å². The Hall–Kier alpha value is -2.34. The Morgan fingerprint density at radius 1 is 1.20 bits per heavy atom. The summed E-state index contributed by atoms with van der Waals surface area (Å²) in [6.07, 6.45) is 0. The van der Waals surface area contributed by atoms with Crippen LogP contribution in [0.4, 0.5) is 5.82 Å². The molecule has 1 aromatic carbocycles. The summed E-state index contributed by atoms with van der Waals surface area (Å²) < 4.78 is 0. The minimum Gasteiger partial charge on any atom is -0.369 e. The molecule has 0 spiro atoms. The number of aromatic nitrogens is 1. The summed E-state index contributed by atoms with van der Waals surface area (Å²) in [6.45, 7) is 7.04. The van der Waals surface area contributed by atoms with Gasteiger partial charge in [0.2, 0.25) is 0 Å².